The highest BCUT2D eigenvalue weighted by Gasteiger charge is 2.14. The van der Waals surface area contributed by atoms with Crippen LogP contribution in [0.1, 0.15) is 15.9 Å². The summed E-state index contributed by atoms with van der Waals surface area (Å²) in [5.41, 5.74) is 1.09. The second kappa shape index (κ2) is 8.18. The summed E-state index contributed by atoms with van der Waals surface area (Å²) in [6, 6.07) is 15.3. The number of carbonyl (C=O) groups excluding carboxylic acids is 2. The third kappa shape index (κ3) is 4.52. The molecular weight excluding hydrogens is 348 g/mol. The van der Waals surface area contributed by atoms with E-state index in [1.807, 2.05) is 12.1 Å². The molecule has 1 amide bonds. The second-order valence-electron chi connectivity index (χ2n) is 5.80. The van der Waals surface area contributed by atoms with E-state index < -0.39 is 24.0 Å². The Kier molecular flexibility index (Phi) is 5.51. The van der Waals surface area contributed by atoms with Gasteiger partial charge in [-0.05, 0) is 23.8 Å². The van der Waals surface area contributed by atoms with Gasteiger partial charge in [0.1, 0.15) is 5.75 Å². The van der Waals surface area contributed by atoms with Gasteiger partial charge >= 0.3 is 5.97 Å². The van der Waals surface area contributed by atoms with Gasteiger partial charge in [-0.15, -0.1) is 0 Å². The summed E-state index contributed by atoms with van der Waals surface area (Å²) in [6.07, 6.45) is 0. The van der Waals surface area contributed by atoms with Gasteiger partial charge in [0, 0.05) is 23.5 Å². The summed E-state index contributed by atoms with van der Waals surface area (Å²) in [5.74, 6) is -0.483. The largest absolute Gasteiger partial charge is 0.497 e. The van der Waals surface area contributed by atoms with E-state index in [4.69, 9.17) is 9.47 Å². The molecule has 3 aromatic rings. The smallest absolute Gasteiger partial charge is 0.339 e. The molecule has 0 radical (unpaired) electrons. The Balaban J connectivity index is 1.60. The molecule has 0 atom stereocenters. The number of fused-ring (bicyclic) bond motifs is 1. The fourth-order valence-corrected chi connectivity index (χ4v) is 2.62. The number of carbonyl (C=O) groups is 2. The second-order valence-corrected chi connectivity index (χ2v) is 5.80. The minimum Gasteiger partial charge on any atom is -0.497 e. The number of esters is 1. The summed E-state index contributed by atoms with van der Waals surface area (Å²) < 4.78 is 10.2. The van der Waals surface area contributed by atoms with E-state index >= 15 is 0 Å². The number of pyridine rings is 1. The number of hydrogen-bond donors (Lipinski definition) is 2. The van der Waals surface area contributed by atoms with Crippen LogP contribution in [0.2, 0.25) is 0 Å². The molecule has 0 saturated carbocycles. The highest BCUT2D eigenvalue weighted by molar-refractivity contribution is 6.03. The van der Waals surface area contributed by atoms with Crippen LogP contribution in [0.25, 0.3) is 10.9 Å². The van der Waals surface area contributed by atoms with Gasteiger partial charge in [-0.3, -0.25) is 9.59 Å². The predicted octanol–water partition coefficient (Wildman–Crippen LogP) is 2.01. The molecule has 138 valence electrons. The topological polar surface area (TPSA) is 97.5 Å². The van der Waals surface area contributed by atoms with Gasteiger partial charge in [-0.2, -0.15) is 0 Å². The lowest BCUT2D eigenvalue weighted by Crippen LogP contribution is -2.28. The Labute approximate surface area is 154 Å². The first kappa shape index (κ1) is 18.2. The zero-order valence-corrected chi connectivity index (χ0v) is 14.7. The maximum absolute atomic E-state index is 12.3. The Morgan fingerprint density at radius 2 is 1.89 bits per heavy atom. The van der Waals surface area contributed by atoms with E-state index in [0.29, 0.717) is 16.7 Å². The van der Waals surface area contributed by atoms with Crippen molar-refractivity contribution in [1.82, 2.24) is 10.3 Å². The van der Waals surface area contributed by atoms with Crippen LogP contribution in [0.4, 0.5) is 0 Å². The lowest BCUT2D eigenvalue weighted by molar-refractivity contribution is -0.124. The average Bonchev–Trinajstić information content (AvgIpc) is 2.69. The summed E-state index contributed by atoms with van der Waals surface area (Å²) in [7, 11) is 1.56. The molecule has 1 aromatic heterocycles. The van der Waals surface area contributed by atoms with E-state index in [0.717, 1.165) is 5.56 Å². The van der Waals surface area contributed by atoms with E-state index in [9.17, 15) is 14.4 Å². The van der Waals surface area contributed by atoms with Crippen molar-refractivity contribution in [2.45, 2.75) is 6.54 Å². The molecule has 27 heavy (non-hydrogen) atoms. The number of methoxy groups -OCH3 is 1. The number of benzene rings is 2. The Morgan fingerprint density at radius 3 is 2.70 bits per heavy atom. The molecule has 0 aliphatic heterocycles. The number of H-pyrrole nitrogens is 1. The third-order valence-corrected chi connectivity index (χ3v) is 3.93. The number of para-hydroxylation sites is 1. The van der Waals surface area contributed by atoms with Crippen LogP contribution in [0.3, 0.4) is 0 Å². The summed E-state index contributed by atoms with van der Waals surface area (Å²) in [6.45, 7) is -0.161. The van der Waals surface area contributed by atoms with Crippen molar-refractivity contribution in [2.75, 3.05) is 13.7 Å². The van der Waals surface area contributed by atoms with Gasteiger partial charge in [-0.1, -0.05) is 30.3 Å². The molecule has 0 aliphatic carbocycles. The first-order chi connectivity index (χ1) is 13.1. The molecule has 2 N–H and O–H groups in total. The van der Waals surface area contributed by atoms with Crippen LogP contribution in [-0.2, 0) is 16.1 Å². The van der Waals surface area contributed by atoms with Gasteiger partial charge in [-0.25, -0.2) is 4.79 Å². The first-order valence-corrected chi connectivity index (χ1v) is 8.25. The van der Waals surface area contributed by atoms with Crippen molar-refractivity contribution in [1.29, 1.82) is 0 Å². The average molecular weight is 366 g/mol. The third-order valence-electron chi connectivity index (χ3n) is 3.93. The lowest BCUT2D eigenvalue weighted by atomic mass is 10.1. The number of aromatic amines is 1. The first-order valence-electron chi connectivity index (χ1n) is 8.25. The van der Waals surface area contributed by atoms with Crippen molar-refractivity contribution in [3.8, 4) is 5.75 Å². The Morgan fingerprint density at radius 1 is 1.07 bits per heavy atom. The quantitative estimate of drug-likeness (QED) is 0.651. The zero-order chi connectivity index (χ0) is 19.2. The molecule has 7 nitrogen and oxygen atoms in total. The van der Waals surface area contributed by atoms with Crippen molar-refractivity contribution < 1.29 is 19.1 Å². The molecule has 0 fully saturated rings. The van der Waals surface area contributed by atoms with Crippen molar-refractivity contribution in [2.24, 2.45) is 0 Å². The minimum absolute atomic E-state index is 0.120. The maximum Gasteiger partial charge on any atom is 0.339 e. The normalized spacial score (nSPS) is 10.4. The van der Waals surface area contributed by atoms with Gasteiger partial charge in [0.05, 0.1) is 12.7 Å². The highest BCUT2D eigenvalue weighted by Crippen LogP contribution is 2.15. The van der Waals surface area contributed by atoms with E-state index in [1.165, 1.54) is 6.07 Å². The predicted molar refractivity (Wildman–Crippen MR) is 99.7 cm³/mol. The van der Waals surface area contributed by atoms with Gasteiger partial charge in [0.25, 0.3) is 5.91 Å². The molecule has 0 unspecified atom stereocenters. The van der Waals surface area contributed by atoms with Crippen molar-refractivity contribution >= 4 is 22.8 Å². The summed E-state index contributed by atoms with van der Waals surface area (Å²) in [5, 5.41) is 3.22. The minimum atomic E-state index is -0.728. The van der Waals surface area contributed by atoms with Crippen LogP contribution in [0, 0.1) is 0 Å². The molecule has 3 rings (SSSR count). The summed E-state index contributed by atoms with van der Waals surface area (Å²) >= 11 is 0. The van der Waals surface area contributed by atoms with E-state index in [2.05, 4.69) is 10.3 Å². The monoisotopic (exact) mass is 366 g/mol. The van der Waals surface area contributed by atoms with Gasteiger partial charge in [0.2, 0.25) is 5.56 Å². The van der Waals surface area contributed by atoms with Crippen LogP contribution < -0.4 is 15.6 Å². The van der Waals surface area contributed by atoms with Crippen molar-refractivity contribution in [3.05, 3.63) is 76.1 Å². The number of rotatable bonds is 6. The van der Waals surface area contributed by atoms with Gasteiger partial charge in [0.15, 0.2) is 6.61 Å². The molecule has 0 bridgehead atoms. The molecule has 2 aromatic carbocycles. The van der Waals surface area contributed by atoms with E-state index in [1.54, 1.807) is 43.5 Å². The highest BCUT2D eigenvalue weighted by atomic mass is 16.5. The maximum atomic E-state index is 12.3. The number of ether oxygens (including phenoxy) is 2. The van der Waals surface area contributed by atoms with Crippen LogP contribution >= 0.6 is 0 Å². The number of amides is 1. The lowest BCUT2D eigenvalue weighted by Gasteiger charge is -2.09. The summed E-state index contributed by atoms with van der Waals surface area (Å²) in [4.78, 5) is 38.6. The SMILES string of the molecule is COc1cccc(CNC(=O)COC(=O)c2cc(=O)[nH]c3ccccc23)c1. The number of aromatic nitrogens is 1. The molecule has 7 heteroatoms. The van der Waals surface area contributed by atoms with Crippen LogP contribution in [0.5, 0.6) is 5.75 Å². The van der Waals surface area contributed by atoms with Crippen LogP contribution in [-0.4, -0.2) is 30.6 Å². The van der Waals surface area contributed by atoms with E-state index in [-0.39, 0.29) is 12.1 Å². The molecule has 0 spiro atoms. The zero-order valence-electron chi connectivity index (χ0n) is 14.7. The fraction of sp³-hybridized carbons (Fsp3) is 0.150. The van der Waals surface area contributed by atoms with Crippen molar-refractivity contribution in [3.63, 3.8) is 0 Å². The molecule has 1 heterocycles. The fourth-order valence-electron chi connectivity index (χ4n) is 2.62. The Bertz CT molecular complexity index is 1040. The van der Waals surface area contributed by atoms with Gasteiger partial charge < -0.3 is 19.8 Å². The molecule has 0 aliphatic rings. The number of hydrogen-bond acceptors (Lipinski definition) is 5. The molecule has 0 saturated heterocycles. The molecular formula is C20H18N2O5. The standard InChI is InChI=1S/C20H18N2O5/c1-26-14-6-4-5-13(9-14)11-21-19(24)12-27-20(25)16-10-18(23)22-17-8-3-2-7-15(16)17/h2-10H,11-12H2,1H3,(H,21,24)(H,22,23). The van der Waals surface area contributed by atoms with Crippen LogP contribution in [0.15, 0.2) is 59.4 Å². The Hall–Kier alpha value is -3.61. The number of nitrogens with one attached hydrogen (secondary N) is 2.